The molecule has 0 bridgehead atoms. The fraction of sp³-hybridized carbons (Fsp3) is 0.500. The summed E-state index contributed by atoms with van der Waals surface area (Å²) in [6.07, 6.45) is -4.76. The predicted molar refractivity (Wildman–Crippen MR) is 59.2 cm³/mol. The Morgan fingerprint density at radius 2 is 1.83 bits per heavy atom. The van der Waals surface area contributed by atoms with Crippen LogP contribution in [0.25, 0.3) is 0 Å². The van der Waals surface area contributed by atoms with Gasteiger partial charge in [-0.3, -0.25) is 0 Å². The molecule has 0 saturated carbocycles. The standard InChI is InChI=1S/C12H15F4NO/c1-11(2,6-18)10(17)7-3-4-9(13)8(5-7)12(14,15)16/h3-5,10,18H,6,17H2,1-2H3/t10-/m1/s1. The second kappa shape index (κ2) is 4.85. The van der Waals surface area contributed by atoms with Crippen LogP contribution < -0.4 is 5.73 Å². The summed E-state index contributed by atoms with van der Waals surface area (Å²) in [7, 11) is 0. The maximum Gasteiger partial charge on any atom is 0.419 e. The molecule has 0 heterocycles. The van der Waals surface area contributed by atoms with Crippen LogP contribution in [-0.4, -0.2) is 11.7 Å². The Morgan fingerprint density at radius 3 is 2.28 bits per heavy atom. The maximum absolute atomic E-state index is 13.1. The van der Waals surface area contributed by atoms with Gasteiger partial charge in [-0.05, 0) is 17.7 Å². The van der Waals surface area contributed by atoms with Crippen LogP contribution in [0.15, 0.2) is 18.2 Å². The van der Waals surface area contributed by atoms with Crippen LogP contribution in [0.3, 0.4) is 0 Å². The molecule has 3 N–H and O–H groups in total. The van der Waals surface area contributed by atoms with E-state index < -0.39 is 29.0 Å². The van der Waals surface area contributed by atoms with Crippen LogP contribution in [0.4, 0.5) is 17.6 Å². The minimum atomic E-state index is -4.76. The van der Waals surface area contributed by atoms with Gasteiger partial charge in [0.25, 0.3) is 0 Å². The van der Waals surface area contributed by atoms with Gasteiger partial charge < -0.3 is 10.8 Å². The van der Waals surface area contributed by atoms with Crippen molar-refractivity contribution in [3.63, 3.8) is 0 Å². The number of aliphatic hydroxyl groups excluding tert-OH is 1. The fourth-order valence-electron chi connectivity index (χ4n) is 1.50. The molecule has 18 heavy (non-hydrogen) atoms. The molecule has 0 spiro atoms. The lowest BCUT2D eigenvalue weighted by Crippen LogP contribution is -2.32. The molecular weight excluding hydrogens is 250 g/mol. The molecule has 0 fully saturated rings. The Kier molecular flexibility index (Phi) is 4.02. The van der Waals surface area contributed by atoms with Crippen LogP contribution in [0, 0.1) is 11.2 Å². The Balaban J connectivity index is 3.21. The van der Waals surface area contributed by atoms with Crippen LogP contribution in [-0.2, 0) is 6.18 Å². The predicted octanol–water partition coefficient (Wildman–Crippen LogP) is 2.86. The number of rotatable bonds is 3. The highest BCUT2D eigenvalue weighted by molar-refractivity contribution is 5.30. The number of hydrogen-bond acceptors (Lipinski definition) is 2. The molecular formula is C12H15F4NO. The third-order valence-corrected chi connectivity index (χ3v) is 2.90. The van der Waals surface area contributed by atoms with Gasteiger partial charge in [-0.25, -0.2) is 4.39 Å². The van der Waals surface area contributed by atoms with E-state index in [-0.39, 0.29) is 12.2 Å². The molecule has 0 aliphatic heterocycles. The molecule has 0 saturated heterocycles. The quantitative estimate of drug-likeness (QED) is 0.825. The van der Waals surface area contributed by atoms with Crippen molar-refractivity contribution in [2.45, 2.75) is 26.1 Å². The van der Waals surface area contributed by atoms with Crippen LogP contribution in [0.2, 0.25) is 0 Å². The van der Waals surface area contributed by atoms with E-state index in [0.717, 1.165) is 6.07 Å². The normalized spacial score (nSPS) is 14.7. The van der Waals surface area contributed by atoms with Gasteiger partial charge in [-0.1, -0.05) is 19.9 Å². The Labute approximate surface area is 102 Å². The number of benzene rings is 1. The van der Waals surface area contributed by atoms with Crippen molar-refractivity contribution in [3.8, 4) is 0 Å². The molecule has 1 aromatic rings. The smallest absolute Gasteiger partial charge is 0.396 e. The maximum atomic E-state index is 13.1. The zero-order chi connectivity index (χ0) is 14.1. The highest BCUT2D eigenvalue weighted by atomic mass is 19.4. The molecule has 1 atom stereocenters. The third kappa shape index (κ3) is 3.00. The van der Waals surface area contributed by atoms with Gasteiger partial charge >= 0.3 is 6.18 Å². The van der Waals surface area contributed by atoms with E-state index in [4.69, 9.17) is 10.8 Å². The summed E-state index contributed by atoms with van der Waals surface area (Å²) in [6, 6.07) is 1.82. The Bertz CT molecular complexity index is 429. The topological polar surface area (TPSA) is 46.2 Å². The Morgan fingerprint density at radius 1 is 1.28 bits per heavy atom. The first kappa shape index (κ1) is 14.9. The second-order valence-electron chi connectivity index (χ2n) is 4.86. The van der Waals surface area contributed by atoms with Crippen molar-refractivity contribution < 1.29 is 22.7 Å². The average Bonchev–Trinajstić information content (AvgIpc) is 2.27. The van der Waals surface area contributed by atoms with Crippen molar-refractivity contribution in [2.24, 2.45) is 11.1 Å². The van der Waals surface area contributed by atoms with Crippen LogP contribution in [0.1, 0.15) is 31.0 Å². The average molecular weight is 265 g/mol. The van der Waals surface area contributed by atoms with Crippen molar-refractivity contribution >= 4 is 0 Å². The molecule has 0 unspecified atom stereocenters. The van der Waals surface area contributed by atoms with Crippen molar-refractivity contribution in [1.82, 2.24) is 0 Å². The molecule has 1 rings (SSSR count). The molecule has 0 aromatic heterocycles. The lowest BCUT2D eigenvalue weighted by molar-refractivity contribution is -0.140. The summed E-state index contributed by atoms with van der Waals surface area (Å²) in [4.78, 5) is 0. The van der Waals surface area contributed by atoms with E-state index in [2.05, 4.69) is 0 Å². The summed E-state index contributed by atoms with van der Waals surface area (Å²) in [5.74, 6) is -1.33. The first-order valence-electron chi connectivity index (χ1n) is 5.32. The number of alkyl halides is 3. The molecule has 0 aliphatic carbocycles. The first-order chi connectivity index (χ1) is 8.09. The van der Waals surface area contributed by atoms with Gasteiger partial charge in [-0.2, -0.15) is 13.2 Å². The van der Waals surface area contributed by atoms with Gasteiger partial charge in [-0.15, -0.1) is 0 Å². The summed E-state index contributed by atoms with van der Waals surface area (Å²) in [6.45, 7) is 2.95. The molecule has 1 aromatic carbocycles. The highest BCUT2D eigenvalue weighted by Gasteiger charge is 2.36. The van der Waals surface area contributed by atoms with E-state index in [1.54, 1.807) is 13.8 Å². The third-order valence-electron chi connectivity index (χ3n) is 2.90. The van der Waals surface area contributed by atoms with Crippen LogP contribution in [0.5, 0.6) is 0 Å². The van der Waals surface area contributed by atoms with Gasteiger partial charge in [0.1, 0.15) is 5.82 Å². The summed E-state index contributed by atoms with van der Waals surface area (Å²) in [5.41, 5.74) is 3.80. The molecule has 2 nitrogen and oxygen atoms in total. The molecule has 102 valence electrons. The van der Waals surface area contributed by atoms with Gasteiger partial charge in [0, 0.05) is 18.1 Å². The zero-order valence-electron chi connectivity index (χ0n) is 10.1. The number of hydrogen-bond donors (Lipinski definition) is 2. The van der Waals surface area contributed by atoms with Gasteiger partial charge in [0.15, 0.2) is 0 Å². The highest BCUT2D eigenvalue weighted by Crippen LogP contribution is 2.36. The van der Waals surface area contributed by atoms with Gasteiger partial charge in [0.2, 0.25) is 0 Å². The summed E-state index contributed by atoms with van der Waals surface area (Å²) in [5, 5.41) is 9.13. The van der Waals surface area contributed by atoms with Crippen molar-refractivity contribution in [3.05, 3.63) is 35.1 Å². The molecule has 0 radical (unpaired) electrons. The van der Waals surface area contributed by atoms with E-state index in [0.29, 0.717) is 6.07 Å². The molecule has 0 amide bonds. The largest absolute Gasteiger partial charge is 0.419 e. The first-order valence-corrected chi connectivity index (χ1v) is 5.32. The minimum Gasteiger partial charge on any atom is -0.396 e. The monoisotopic (exact) mass is 265 g/mol. The second-order valence-corrected chi connectivity index (χ2v) is 4.86. The molecule has 6 heteroatoms. The van der Waals surface area contributed by atoms with E-state index in [9.17, 15) is 17.6 Å². The van der Waals surface area contributed by atoms with Crippen molar-refractivity contribution in [2.75, 3.05) is 6.61 Å². The lowest BCUT2D eigenvalue weighted by Gasteiger charge is -2.30. The summed E-state index contributed by atoms with van der Waals surface area (Å²) < 4.78 is 50.7. The number of nitrogens with two attached hydrogens (primary N) is 1. The minimum absolute atomic E-state index is 0.141. The van der Waals surface area contributed by atoms with E-state index >= 15 is 0 Å². The lowest BCUT2D eigenvalue weighted by atomic mass is 9.81. The van der Waals surface area contributed by atoms with Crippen molar-refractivity contribution in [1.29, 1.82) is 0 Å². The van der Waals surface area contributed by atoms with Crippen LogP contribution >= 0.6 is 0 Å². The zero-order valence-corrected chi connectivity index (χ0v) is 10.1. The Hall–Kier alpha value is -1.14. The summed E-state index contributed by atoms with van der Waals surface area (Å²) >= 11 is 0. The fourth-order valence-corrected chi connectivity index (χ4v) is 1.50. The van der Waals surface area contributed by atoms with Gasteiger partial charge in [0.05, 0.1) is 5.56 Å². The van der Waals surface area contributed by atoms with E-state index in [1.165, 1.54) is 6.07 Å². The number of halogens is 4. The number of aliphatic hydroxyl groups is 1. The molecule has 0 aliphatic rings. The van der Waals surface area contributed by atoms with E-state index in [1.807, 2.05) is 0 Å². The SMILES string of the molecule is CC(C)(CO)[C@H](N)c1ccc(F)c(C(F)(F)F)c1.